The van der Waals surface area contributed by atoms with Crippen LogP contribution in [-0.2, 0) is 6.61 Å². The van der Waals surface area contributed by atoms with Gasteiger partial charge in [-0.05, 0) is 25.1 Å². The lowest BCUT2D eigenvalue weighted by molar-refractivity contribution is 0.0693. The molecule has 0 aliphatic rings. The topological polar surface area (TPSA) is 59.4 Å². The molecule has 0 saturated heterocycles. The highest BCUT2D eigenvalue weighted by atomic mass is 79.9. The summed E-state index contributed by atoms with van der Waals surface area (Å²) >= 11 is 3.34. The smallest absolute Gasteiger partial charge is 0.336 e. The fourth-order valence-corrected chi connectivity index (χ4v) is 2.15. The van der Waals surface area contributed by atoms with Crippen molar-refractivity contribution in [2.45, 2.75) is 13.5 Å². The van der Waals surface area contributed by atoms with Gasteiger partial charge in [-0.3, -0.25) is 0 Å². The quantitative estimate of drug-likeness (QED) is 0.937. The molecule has 0 radical (unpaired) electrons. The minimum Gasteiger partial charge on any atom is -0.478 e. The van der Waals surface area contributed by atoms with E-state index in [2.05, 4.69) is 20.9 Å². The van der Waals surface area contributed by atoms with E-state index in [1.807, 2.05) is 19.1 Å². The highest BCUT2D eigenvalue weighted by Gasteiger charge is 2.13. The number of benzene rings is 1. The highest BCUT2D eigenvalue weighted by Crippen LogP contribution is 2.23. The molecular weight excluding hydrogens is 310 g/mol. The first kappa shape index (κ1) is 13.5. The molecule has 0 bridgehead atoms. The lowest BCUT2D eigenvalue weighted by Crippen LogP contribution is -2.07. The van der Waals surface area contributed by atoms with Crippen LogP contribution >= 0.6 is 15.9 Å². The number of aromatic nitrogens is 1. The molecule has 0 amide bonds. The molecule has 0 atom stereocenters. The molecule has 1 N–H and O–H groups in total. The maximum Gasteiger partial charge on any atom is 0.336 e. The Labute approximate surface area is 119 Å². The van der Waals surface area contributed by atoms with E-state index in [-0.39, 0.29) is 12.2 Å². The van der Waals surface area contributed by atoms with E-state index < -0.39 is 5.97 Å². The number of aryl methyl sites for hydroxylation is 1. The van der Waals surface area contributed by atoms with Gasteiger partial charge in [0.05, 0.1) is 5.56 Å². The second-order valence-corrected chi connectivity index (χ2v) is 4.84. The summed E-state index contributed by atoms with van der Waals surface area (Å²) < 4.78 is 6.30. The normalized spacial score (nSPS) is 10.2. The lowest BCUT2D eigenvalue weighted by Gasteiger charge is -2.11. The van der Waals surface area contributed by atoms with Crippen LogP contribution in [0.25, 0.3) is 0 Å². The summed E-state index contributed by atoms with van der Waals surface area (Å²) in [7, 11) is 0. The fraction of sp³-hybridized carbons (Fsp3) is 0.143. The van der Waals surface area contributed by atoms with Crippen LogP contribution in [-0.4, -0.2) is 16.1 Å². The molecule has 1 heterocycles. The summed E-state index contributed by atoms with van der Waals surface area (Å²) in [4.78, 5) is 15.3. The number of hydrogen-bond acceptors (Lipinski definition) is 3. The van der Waals surface area contributed by atoms with E-state index in [1.165, 1.54) is 0 Å². The molecule has 0 unspecified atom stereocenters. The van der Waals surface area contributed by atoms with E-state index in [0.29, 0.717) is 15.9 Å². The molecule has 0 aliphatic heterocycles. The van der Waals surface area contributed by atoms with Crippen molar-refractivity contribution in [3.63, 3.8) is 0 Å². The van der Waals surface area contributed by atoms with Crippen molar-refractivity contribution in [1.82, 2.24) is 4.98 Å². The summed E-state index contributed by atoms with van der Waals surface area (Å²) in [5.41, 5.74) is 1.73. The van der Waals surface area contributed by atoms with Gasteiger partial charge in [-0.2, -0.15) is 0 Å². The zero-order valence-corrected chi connectivity index (χ0v) is 11.8. The van der Waals surface area contributed by atoms with Crippen LogP contribution in [0.5, 0.6) is 5.88 Å². The Hall–Kier alpha value is -1.88. The van der Waals surface area contributed by atoms with Crippen LogP contribution < -0.4 is 4.74 Å². The van der Waals surface area contributed by atoms with Gasteiger partial charge in [0.25, 0.3) is 0 Å². The number of carbonyl (C=O) groups is 1. The van der Waals surface area contributed by atoms with Crippen molar-refractivity contribution in [3.05, 3.63) is 57.7 Å². The number of halogens is 1. The number of rotatable bonds is 4. The molecule has 0 spiro atoms. The number of ether oxygens (including phenoxy) is 1. The number of carboxylic acids is 1. The number of aromatic carboxylic acids is 1. The Kier molecular flexibility index (Phi) is 4.16. The monoisotopic (exact) mass is 321 g/mol. The van der Waals surface area contributed by atoms with Crippen LogP contribution in [0.15, 0.2) is 41.0 Å². The van der Waals surface area contributed by atoms with E-state index in [9.17, 15) is 4.79 Å². The van der Waals surface area contributed by atoms with Gasteiger partial charge < -0.3 is 9.84 Å². The molecule has 2 aromatic rings. The Morgan fingerprint density at radius 2 is 2.16 bits per heavy atom. The SMILES string of the molecule is Cc1cccnc1OCc1c(Br)cccc1C(=O)O. The average molecular weight is 322 g/mol. The van der Waals surface area contributed by atoms with Crippen LogP contribution in [0.3, 0.4) is 0 Å². The fourth-order valence-electron chi connectivity index (χ4n) is 1.67. The van der Waals surface area contributed by atoms with Gasteiger partial charge in [-0.1, -0.05) is 28.1 Å². The second kappa shape index (κ2) is 5.84. The minimum absolute atomic E-state index is 0.154. The van der Waals surface area contributed by atoms with Gasteiger partial charge in [-0.25, -0.2) is 9.78 Å². The zero-order valence-electron chi connectivity index (χ0n) is 10.3. The van der Waals surface area contributed by atoms with Crippen molar-refractivity contribution >= 4 is 21.9 Å². The molecule has 19 heavy (non-hydrogen) atoms. The molecule has 1 aromatic carbocycles. The Morgan fingerprint density at radius 1 is 1.37 bits per heavy atom. The highest BCUT2D eigenvalue weighted by molar-refractivity contribution is 9.10. The van der Waals surface area contributed by atoms with Crippen LogP contribution in [0.4, 0.5) is 0 Å². The minimum atomic E-state index is -0.974. The van der Waals surface area contributed by atoms with Crippen molar-refractivity contribution in [2.24, 2.45) is 0 Å². The first-order chi connectivity index (χ1) is 9.09. The third-order valence-electron chi connectivity index (χ3n) is 2.66. The van der Waals surface area contributed by atoms with Gasteiger partial charge >= 0.3 is 5.97 Å². The summed E-state index contributed by atoms with van der Waals surface area (Å²) in [5, 5.41) is 9.15. The van der Waals surface area contributed by atoms with Gasteiger partial charge in [0.1, 0.15) is 6.61 Å². The maximum atomic E-state index is 11.2. The summed E-state index contributed by atoms with van der Waals surface area (Å²) in [5.74, 6) is -0.466. The maximum absolute atomic E-state index is 11.2. The molecule has 0 saturated carbocycles. The van der Waals surface area contributed by atoms with Crippen molar-refractivity contribution in [3.8, 4) is 5.88 Å². The van der Waals surface area contributed by atoms with E-state index in [1.54, 1.807) is 24.4 Å². The lowest BCUT2D eigenvalue weighted by atomic mass is 10.1. The first-order valence-corrected chi connectivity index (χ1v) is 6.44. The standard InChI is InChI=1S/C14H12BrNO3/c1-9-4-3-7-16-13(9)19-8-11-10(14(17)18)5-2-6-12(11)15/h2-7H,8H2,1H3,(H,17,18). The Bertz CT molecular complexity index is 613. The van der Waals surface area contributed by atoms with Crippen molar-refractivity contribution in [2.75, 3.05) is 0 Å². The molecule has 0 fully saturated rings. The number of pyridine rings is 1. The first-order valence-electron chi connectivity index (χ1n) is 5.64. The predicted octanol–water partition coefficient (Wildman–Crippen LogP) is 3.43. The summed E-state index contributed by atoms with van der Waals surface area (Å²) in [6.45, 7) is 2.04. The van der Waals surface area contributed by atoms with Gasteiger partial charge in [0.15, 0.2) is 0 Å². The van der Waals surface area contributed by atoms with Crippen LogP contribution in [0, 0.1) is 6.92 Å². The number of hydrogen-bond donors (Lipinski definition) is 1. The van der Waals surface area contributed by atoms with E-state index in [4.69, 9.17) is 9.84 Å². The van der Waals surface area contributed by atoms with E-state index in [0.717, 1.165) is 5.56 Å². The van der Waals surface area contributed by atoms with Gasteiger partial charge in [0.2, 0.25) is 5.88 Å². The van der Waals surface area contributed by atoms with Crippen LogP contribution in [0.1, 0.15) is 21.5 Å². The van der Waals surface area contributed by atoms with Crippen molar-refractivity contribution in [1.29, 1.82) is 0 Å². The Morgan fingerprint density at radius 3 is 2.84 bits per heavy atom. The van der Waals surface area contributed by atoms with Crippen molar-refractivity contribution < 1.29 is 14.6 Å². The average Bonchev–Trinajstić information content (AvgIpc) is 2.38. The second-order valence-electron chi connectivity index (χ2n) is 3.99. The third kappa shape index (κ3) is 3.12. The molecule has 5 heteroatoms. The molecule has 1 aromatic heterocycles. The molecule has 2 rings (SSSR count). The number of nitrogens with zero attached hydrogens (tertiary/aromatic N) is 1. The summed E-state index contributed by atoms with van der Waals surface area (Å²) in [6.07, 6.45) is 1.64. The Balaban J connectivity index is 2.25. The third-order valence-corrected chi connectivity index (χ3v) is 3.41. The van der Waals surface area contributed by atoms with Gasteiger partial charge in [-0.15, -0.1) is 0 Å². The molecule has 0 aliphatic carbocycles. The summed E-state index contributed by atoms with van der Waals surface area (Å²) in [6, 6.07) is 8.74. The number of carboxylic acid groups (broad SMARTS) is 1. The van der Waals surface area contributed by atoms with Gasteiger partial charge in [0, 0.05) is 21.8 Å². The molecule has 4 nitrogen and oxygen atoms in total. The predicted molar refractivity (Wildman–Crippen MR) is 74.4 cm³/mol. The molecule has 98 valence electrons. The van der Waals surface area contributed by atoms with Crippen LogP contribution in [0.2, 0.25) is 0 Å². The van der Waals surface area contributed by atoms with E-state index >= 15 is 0 Å². The zero-order chi connectivity index (χ0) is 13.8. The molecular formula is C14H12BrNO3. The largest absolute Gasteiger partial charge is 0.478 e.